The minimum atomic E-state index is -0.0854. The summed E-state index contributed by atoms with van der Waals surface area (Å²) >= 11 is 0. The summed E-state index contributed by atoms with van der Waals surface area (Å²) in [5.74, 6) is 5.09. The van der Waals surface area contributed by atoms with E-state index in [2.05, 4.69) is 44.7 Å². The van der Waals surface area contributed by atoms with Gasteiger partial charge < -0.3 is 10.0 Å². The van der Waals surface area contributed by atoms with Crippen LogP contribution in [0.1, 0.15) is 79.1 Å². The minimum absolute atomic E-state index is 0.0854. The fourth-order valence-corrected chi connectivity index (χ4v) is 9.83. The molecule has 2 aliphatic heterocycles. The van der Waals surface area contributed by atoms with Crippen molar-refractivity contribution in [3.8, 4) is 0 Å². The van der Waals surface area contributed by atoms with E-state index in [0.29, 0.717) is 10.8 Å². The Balaban J connectivity index is 1.34. The third-order valence-corrected chi connectivity index (χ3v) is 11.2. The second-order valence-electron chi connectivity index (χ2n) is 12.4. The summed E-state index contributed by atoms with van der Waals surface area (Å²) in [6.45, 7) is 11.6. The Labute approximate surface area is 177 Å². The van der Waals surface area contributed by atoms with Gasteiger partial charge >= 0.3 is 0 Å². The van der Waals surface area contributed by atoms with Crippen LogP contribution in [-0.2, 0) is 0 Å². The highest BCUT2D eigenvalue weighted by molar-refractivity contribution is 5.29. The maximum Gasteiger partial charge on any atom is 0.0577 e. The molecule has 6 rings (SSSR count). The topological polar surface area (TPSA) is 23.5 Å². The number of aliphatic hydroxyl groups excluding tert-OH is 1. The lowest BCUT2D eigenvalue weighted by Crippen LogP contribution is -2.50. The third kappa shape index (κ3) is 2.39. The molecule has 1 saturated heterocycles. The van der Waals surface area contributed by atoms with Crippen LogP contribution >= 0.6 is 0 Å². The van der Waals surface area contributed by atoms with E-state index in [-0.39, 0.29) is 6.10 Å². The van der Waals surface area contributed by atoms with Crippen molar-refractivity contribution in [3.63, 3.8) is 0 Å². The lowest BCUT2D eigenvalue weighted by Gasteiger charge is -2.58. The van der Waals surface area contributed by atoms with Crippen molar-refractivity contribution in [3.05, 3.63) is 23.4 Å². The molecule has 3 saturated carbocycles. The molecule has 0 aromatic heterocycles. The van der Waals surface area contributed by atoms with Gasteiger partial charge in [0.1, 0.15) is 0 Å². The Morgan fingerprint density at radius 3 is 2.69 bits per heavy atom. The summed E-state index contributed by atoms with van der Waals surface area (Å²) in [7, 11) is 0. The van der Waals surface area contributed by atoms with Crippen molar-refractivity contribution >= 4 is 0 Å². The first-order valence-electron chi connectivity index (χ1n) is 12.7. The van der Waals surface area contributed by atoms with Crippen molar-refractivity contribution < 1.29 is 5.11 Å². The molecular weight excluding hydrogens is 354 g/mol. The van der Waals surface area contributed by atoms with Gasteiger partial charge in [-0.2, -0.15) is 0 Å². The highest BCUT2D eigenvalue weighted by atomic mass is 16.3. The van der Waals surface area contributed by atoms with Crippen molar-refractivity contribution in [2.45, 2.75) is 91.2 Å². The van der Waals surface area contributed by atoms with Crippen LogP contribution in [0.3, 0.4) is 0 Å². The fraction of sp³-hybridized carbons (Fsp3) is 0.852. The zero-order chi connectivity index (χ0) is 20.1. The molecular formula is C27H41NO. The standard InChI is InChI=1S/C27H41NO/c1-16-5-8-23-17(2)25-24(28(23)15-16)14-22-20-7-6-18-13-19(29)9-11-26(18,3)21(20)10-12-27(22,25)4/h6,8,16-17,19-22,24-25,29H,5,7,9-15H2,1-4H3/t16-,17+,19-,20+,21-,22-,24-,25-,26-,27-/m0/s1. The Kier molecular flexibility index (Phi) is 4.02. The summed E-state index contributed by atoms with van der Waals surface area (Å²) in [5, 5.41) is 10.3. The van der Waals surface area contributed by atoms with Crippen molar-refractivity contribution in [1.82, 2.24) is 4.90 Å². The van der Waals surface area contributed by atoms with Crippen LogP contribution in [0.15, 0.2) is 23.4 Å². The van der Waals surface area contributed by atoms with E-state index in [9.17, 15) is 5.11 Å². The van der Waals surface area contributed by atoms with Crippen LogP contribution in [0, 0.1) is 46.3 Å². The van der Waals surface area contributed by atoms with Crippen molar-refractivity contribution in [2.24, 2.45) is 46.3 Å². The largest absolute Gasteiger partial charge is 0.393 e. The molecule has 6 aliphatic rings. The number of nitrogens with zero attached hydrogens (tertiary/aromatic N) is 1. The average Bonchev–Trinajstić information content (AvgIpc) is 3.15. The van der Waals surface area contributed by atoms with Gasteiger partial charge in [-0.1, -0.05) is 45.4 Å². The Bertz CT molecular complexity index is 768. The lowest BCUT2D eigenvalue weighted by atomic mass is 9.47. The maximum absolute atomic E-state index is 10.3. The van der Waals surface area contributed by atoms with Gasteiger partial charge in [-0.3, -0.25) is 0 Å². The SMILES string of the molecule is C[C@H]1CC=C2[C@@H](C)[C@H]3[C@H](C[C@H]4[C@@H]5CC=C6C[C@@H](O)CC[C@]6(C)[C@H]5CC[C@]34C)N2C1. The second kappa shape index (κ2) is 6.15. The average molecular weight is 396 g/mol. The molecule has 2 heterocycles. The second-order valence-corrected chi connectivity index (χ2v) is 12.4. The molecule has 0 aromatic rings. The van der Waals surface area contributed by atoms with E-state index in [1.54, 1.807) is 11.3 Å². The van der Waals surface area contributed by atoms with Gasteiger partial charge in [-0.05, 0) is 91.8 Å². The van der Waals surface area contributed by atoms with Gasteiger partial charge in [0.15, 0.2) is 0 Å². The predicted molar refractivity (Wildman–Crippen MR) is 118 cm³/mol. The number of hydrogen-bond donors (Lipinski definition) is 1. The Hall–Kier alpha value is -0.760. The molecule has 0 unspecified atom stereocenters. The summed E-state index contributed by atoms with van der Waals surface area (Å²) in [4.78, 5) is 2.88. The predicted octanol–water partition coefficient (Wildman–Crippen LogP) is 5.78. The van der Waals surface area contributed by atoms with Crippen LogP contribution in [0.4, 0.5) is 0 Å². The zero-order valence-corrected chi connectivity index (χ0v) is 19.0. The van der Waals surface area contributed by atoms with Crippen LogP contribution in [0.5, 0.6) is 0 Å². The molecule has 2 heteroatoms. The van der Waals surface area contributed by atoms with E-state index >= 15 is 0 Å². The van der Waals surface area contributed by atoms with Crippen LogP contribution < -0.4 is 0 Å². The molecule has 160 valence electrons. The molecule has 1 N–H and O–H groups in total. The van der Waals surface area contributed by atoms with E-state index < -0.39 is 0 Å². The molecule has 0 radical (unpaired) electrons. The minimum Gasteiger partial charge on any atom is -0.393 e. The van der Waals surface area contributed by atoms with E-state index in [4.69, 9.17) is 0 Å². The quantitative estimate of drug-likeness (QED) is 0.526. The van der Waals surface area contributed by atoms with Crippen LogP contribution in [0.25, 0.3) is 0 Å². The zero-order valence-electron chi connectivity index (χ0n) is 19.0. The van der Waals surface area contributed by atoms with E-state index in [1.165, 1.54) is 45.1 Å². The number of allylic oxidation sites excluding steroid dienone is 3. The molecule has 4 fully saturated rings. The molecule has 0 bridgehead atoms. The van der Waals surface area contributed by atoms with Gasteiger partial charge in [-0.15, -0.1) is 0 Å². The van der Waals surface area contributed by atoms with Crippen molar-refractivity contribution in [2.75, 3.05) is 6.54 Å². The number of fused-ring (bicyclic) bond motifs is 9. The highest BCUT2D eigenvalue weighted by Crippen LogP contribution is 2.70. The number of aliphatic hydroxyl groups is 1. The first-order valence-corrected chi connectivity index (χ1v) is 12.7. The first kappa shape index (κ1) is 19.0. The number of rotatable bonds is 0. The summed E-state index contributed by atoms with van der Waals surface area (Å²) in [6, 6.07) is 0.805. The molecule has 10 atom stereocenters. The molecule has 29 heavy (non-hydrogen) atoms. The number of hydrogen-bond acceptors (Lipinski definition) is 2. The highest BCUT2D eigenvalue weighted by Gasteiger charge is 2.65. The third-order valence-electron chi connectivity index (χ3n) is 11.2. The van der Waals surface area contributed by atoms with Crippen LogP contribution in [0.2, 0.25) is 0 Å². The summed E-state index contributed by atoms with van der Waals surface area (Å²) in [6.07, 6.45) is 15.2. The van der Waals surface area contributed by atoms with Gasteiger partial charge in [-0.25, -0.2) is 0 Å². The molecule has 0 aromatic carbocycles. The van der Waals surface area contributed by atoms with Crippen molar-refractivity contribution in [1.29, 1.82) is 0 Å². The first-order chi connectivity index (χ1) is 13.8. The summed E-state index contributed by atoms with van der Waals surface area (Å²) < 4.78 is 0. The van der Waals surface area contributed by atoms with Gasteiger partial charge in [0.05, 0.1) is 6.10 Å². The molecule has 0 amide bonds. The van der Waals surface area contributed by atoms with E-state index in [1.807, 2.05) is 0 Å². The Morgan fingerprint density at radius 2 is 1.86 bits per heavy atom. The fourth-order valence-electron chi connectivity index (χ4n) is 9.83. The normalized spacial score (nSPS) is 55.8. The monoisotopic (exact) mass is 395 g/mol. The molecule has 0 spiro atoms. The van der Waals surface area contributed by atoms with Gasteiger partial charge in [0.25, 0.3) is 0 Å². The summed E-state index contributed by atoms with van der Waals surface area (Å²) in [5.41, 5.74) is 4.22. The molecule has 2 nitrogen and oxygen atoms in total. The smallest absolute Gasteiger partial charge is 0.0577 e. The van der Waals surface area contributed by atoms with Gasteiger partial charge in [0, 0.05) is 24.2 Å². The molecule has 4 aliphatic carbocycles. The van der Waals surface area contributed by atoms with Gasteiger partial charge in [0.2, 0.25) is 0 Å². The maximum atomic E-state index is 10.3. The van der Waals surface area contributed by atoms with E-state index in [0.717, 1.165) is 54.4 Å². The Morgan fingerprint density at radius 1 is 1.03 bits per heavy atom. The van der Waals surface area contributed by atoms with Crippen LogP contribution in [-0.4, -0.2) is 28.7 Å². The lowest BCUT2D eigenvalue weighted by molar-refractivity contribution is -0.0537.